The second-order valence-electron chi connectivity index (χ2n) is 8.38. The molecule has 2 saturated heterocycles. The van der Waals surface area contributed by atoms with E-state index in [1.165, 1.54) is 19.4 Å². The maximum atomic E-state index is 12.1. The predicted octanol–water partition coefficient (Wildman–Crippen LogP) is 1.34. The standard InChI is InChI=1S/C23H38N6O2/c1-5-27-12-8-9-19(27)17-24-23(25-18-22(30)26(2)3)29-15-13-28(14-16-29)20-10-6-7-11-21(20)31-4/h6-7,10-11,19H,5,8-9,12-18H2,1-4H3,(H,24,25). The lowest BCUT2D eigenvalue weighted by molar-refractivity contribution is -0.127. The van der Waals surface area contributed by atoms with Gasteiger partial charge in [-0.3, -0.25) is 9.69 Å². The van der Waals surface area contributed by atoms with Gasteiger partial charge in [0.1, 0.15) is 12.3 Å². The van der Waals surface area contributed by atoms with Crippen molar-refractivity contribution in [2.75, 3.05) is 78.5 Å². The second-order valence-corrected chi connectivity index (χ2v) is 8.38. The highest BCUT2D eigenvalue weighted by Gasteiger charge is 2.26. The van der Waals surface area contributed by atoms with Crippen LogP contribution in [-0.2, 0) is 4.79 Å². The Hall–Kier alpha value is -2.48. The minimum absolute atomic E-state index is 0.0167. The van der Waals surface area contributed by atoms with Crippen molar-refractivity contribution in [3.8, 4) is 5.75 Å². The van der Waals surface area contributed by atoms with E-state index < -0.39 is 0 Å². The van der Waals surface area contributed by atoms with Gasteiger partial charge < -0.3 is 24.8 Å². The normalized spacial score (nSPS) is 20.1. The molecule has 1 aromatic carbocycles. The summed E-state index contributed by atoms with van der Waals surface area (Å²) in [5.41, 5.74) is 1.13. The summed E-state index contributed by atoms with van der Waals surface area (Å²) in [5, 5.41) is 3.59. The zero-order valence-corrected chi connectivity index (χ0v) is 19.5. The zero-order chi connectivity index (χ0) is 22.2. The summed E-state index contributed by atoms with van der Waals surface area (Å²) in [7, 11) is 5.26. The third-order valence-electron chi connectivity index (χ3n) is 6.27. The lowest BCUT2D eigenvalue weighted by Gasteiger charge is -2.38. The molecule has 2 heterocycles. The van der Waals surface area contributed by atoms with E-state index in [1.54, 1.807) is 26.1 Å². The molecule has 0 spiro atoms. The summed E-state index contributed by atoms with van der Waals surface area (Å²) in [6.45, 7) is 8.98. The van der Waals surface area contributed by atoms with Gasteiger partial charge in [-0.25, -0.2) is 4.99 Å². The smallest absolute Gasteiger partial charge is 0.243 e. The van der Waals surface area contributed by atoms with Gasteiger partial charge in [0.25, 0.3) is 0 Å². The molecule has 0 bridgehead atoms. The summed E-state index contributed by atoms with van der Waals surface area (Å²) in [6.07, 6.45) is 2.47. The van der Waals surface area contributed by atoms with Crippen molar-refractivity contribution in [3.63, 3.8) is 0 Å². The molecule has 31 heavy (non-hydrogen) atoms. The fourth-order valence-electron chi connectivity index (χ4n) is 4.35. The summed E-state index contributed by atoms with van der Waals surface area (Å²) < 4.78 is 5.54. The van der Waals surface area contributed by atoms with E-state index in [0.717, 1.165) is 56.7 Å². The molecular weight excluding hydrogens is 392 g/mol. The number of amides is 1. The van der Waals surface area contributed by atoms with Crippen LogP contribution >= 0.6 is 0 Å². The molecular formula is C23H38N6O2. The highest BCUT2D eigenvalue weighted by molar-refractivity contribution is 5.85. The van der Waals surface area contributed by atoms with Crippen LogP contribution in [0.4, 0.5) is 5.69 Å². The molecule has 1 atom stereocenters. The first-order valence-electron chi connectivity index (χ1n) is 11.4. The number of carbonyl (C=O) groups is 1. The molecule has 0 aliphatic carbocycles. The van der Waals surface area contributed by atoms with Gasteiger partial charge >= 0.3 is 0 Å². The first-order valence-corrected chi connectivity index (χ1v) is 11.4. The van der Waals surface area contributed by atoms with Crippen molar-refractivity contribution in [2.45, 2.75) is 25.8 Å². The third-order valence-corrected chi connectivity index (χ3v) is 6.27. The molecule has 0 aromatic heterocycles. The van der Waals surface area contributed by atoms with Gasteiger partial charge in [0.2, 0.25) is 5.91 Å². The molecule has 2 aliphatic rings. The Bertz CT molecular complexity index is 745. The van der Waals surface area contributed by atoms with Gasteiger partial charge in [-0.05, 0) is 38.1 Å². The highest BCUT2D eigenvalue weighted by atomic mass is 16.5. The van der Waals surface area contributed by atoms with E-state index in [1.807, 2.05) is 18.2 Å². The van der Waals surface area contributed by atoms with Gasteiger partial charge in [0, 0.05) is 52.9 Å². The number of likely N-dealkylation sites (tertiary alicyclic amines) is 1. The fraction of sp³-hybridized carbons (Fsp3) is 0.652. The second kappa shape index (κ2) is 11.2. The molecule has 1 aromatic rings. The van der Waals surface area contributed by atoms with Crippen molar-refractivity contribution in [2.24, 2.45) is 4.99 Å². The Morgan fingerprint density at radius 3 is 2.61 bits per heavy atom. The SMILES string of the molecule is CCN1CCCC1CNC(=NCC(=O)N(C)C)N1CCN(c2ccccc2OC)CC1. The molecule has 1 N–H and O–H groups in total. The largest absolute Gasteiger partial charge is 0.495 e. The van der Waals surface area contributed by atoms with Crippen molar-refractivity contribution >= 4 is 17.6 Å². The van der Waals surface area contributed by atoms with E-state index >= 15 is 0 Å². The average Bonchev–Trinajstić information content (AvgIpc) is 3.26. The monoisotopic (exact) mass is 430 g/mol. The quantitative estimate of drug-likeness (QED) is 0.520. The van der Waals surface area contributed by atoms with Gasteiger partial charge in [-0.2, -0.15) is 0 Å². The number of para-hydroxylation sites is 2. The Labute approximate surface area is 186 Å². The fourth-order valence-corrected chi connectivity index (χ4v) is 4.35. The molecule has 2 fully saturated rings. The molecule has 172 valence electrons. The number of methoxy groups -OCH3 is 1. The molecule has 2 aliphatic heterocycles. The maximum Gasteiger partial charge on any atom is 0.243 e. The lowest BCUT2D eigenvalue weighted by Crippen LogP contribution is -2.54. The van der Waals surface area contributed by atoms with Crippen molar-refractivity contribution in [3.05, 3.63) is 24.3 Å². The van der Waals surface area contributed by atoms with Crippen LogP contribution in [0.5, 0.6) is 5.75 Å². The van der Waals surface area contributed by atoms with E-state index in [4.69, 9.17) is 9.73 Å². The Balaban J connectivity index is 1.64. The number of ether oxygens (including phenoxy) is 1. The molecule has 1 amide bonds. The van der Waals surface area contributed by atoms with Crippen LogP contribution in [0.1, 0.15) is 19.8 Å². The van der Waals surface area contributed by atoms with E-state index in [-0.39, 0.29) is 12.5 Å². The van der Waals surface area contributed by atoms with Crippen molar-refractivity contribution in [1.82, 2.24) is 20.0 Å². The molecule has 0 saturated carbocycles. The van der Waals surface area contributed by atoms with Crippen LogP contribution in [0.2, 0.25) is 0 Å². The van der Waals surface area contributed by atoms with E-state index in [0.29, 0.717) is 6.04 Å². The van der Waals surface area contributed by atoms with Crippen molar-refractivity contribution in [1.29, 1.82) is 0 Å². The first-order chi connectivity index (χ1) is 15.0. The van der Waals surface area contributed by atoms with Crippen LogP contribution in [0, 0.1) is 0 Å². The summed E-state index contributed by atoms with van der Waals surface area (Å²) in [5.74, 6) is 1.77. The minimum Gasteiger partial charge on any atom is -0.495 e. The van der Waals surface area contributed by atoms with Gasteiger partial charge in [0.05, 0.1) is 12.8 Å². The van der Waals surface area contributed by atoms with Crippen molar-refractivity contribution < 1.29 is 9.53 Å². The number of likely N-dealkylation sites (N-methyl/N-ethyl adjacent to an activating group) is 2. The van der Waals surface area contributed by atoms with Gasteiger partial charge in [-0.15, -0.1) is 0 Å². The number of anilines is 1. The summed E-state index contributed by atoms with van der Waals surface area (Å²) in [6, 6.07) is 8.69. The molecule has 8 heteroatoms. The third kappa shape index (κ3) is 6.03. The number of piperazine rings is 1. The van der Waals surface area contributed by atoms with Gasteiger partial charge in [-0.1, -0.05) is 19.1 Å². The van der Waals surface area contributed by atoms with Crippen LogP contribution in [0.25, 0.3) is 0 Å². The number of hydrogen-bond donors (Lipinski definition) is 1. The molecule has 1 unspecified atom stereocenters. The molecule has 0 radical (unpaired) electrons. The Kier molecular flexibility index (Phi) is 8.40. The average molecular weight is 431 g/mol. The van der Waals surface area contributed by atoms with E-state index in [9.17, 15) is 4.79 Å². The number of hydrogen-bond acceptors (Lipinski definition) is 5. The number of aliphatic imine (C=N–C) groups is 1. The highest BCUT2D eigenvalue weighted by Crippen LogP contribution is 2.28. The number of guanidine groups is 1. The van der Waals surface area contributed by atoms with Crippen LogP contribution in [0.3, 0.4) is 0 Å². The number of rotatable bonds is 7. The summed E-state index contributed by atoms with van der Waals surface area (Å²) in [4.78, 5) is 25.6. The number of benzene rings is 1. The maximum absolute atomic E-state index is 12.1. The molecule has 3 rings (SSSR count). The minimum atomic E-state index is 0.0167. The Morgan fingerprint density at radius 2 is 1.94 bits per heavy atom. The summed E-state index contributed by atoms with van der Waals surface area (Å²) >= 11 is 0. The predicted molar refractivity (Wildman–Crippen MR) is 126 cm³/mol. The van der Waals surface area contributed by atoms with Crippen LogP contribution in [0.15, 0.2) is 29.3 Å². The van der Waals surface area contributed by atoms with Crippen LogP contribution < -0.4 is 15.0 Å². The molecule has 8 nitrogen and oxygen atoms in total. The van der Waals surface area contributed by atoms with E-state index in [2.05, 4.69) is 33.0 Å². The van der Waals surface area contributed by atoms with Crippen LogP contribution in [-0.4, -0.2) is 106 Å². The number of nitrogens with zero attached hydrogens (tertiary/aromatic N) is 5. The number of nitrogens with one attached hydrogen (secondary N) is 1. The van der Waals surface area contributed by atoms with Gasteiger partial charge in [0.15, 0.2) is 5.96 Å². The number of carbonyl (C=O) groups excluding carboxylic acids is 1. The Morgan fingerprint density at radius 1 is 1.19 bits per heavy atom. The zero-order valence-electron chi connectivity index (χ0n) is 19.5. The lowest BCUT2D eigenvalue weighted by atomic mass is 10.2. The first kappa shape index (κ1) is 23.2. The topological polar surface area (TPSA) is 63.7 Å².